The Morgan fingerprint density at radius 1 is 0.963 bits per heavy atom. The first-order valence-electron chi connectivity index (χ1n) is 9.72. The molecule has 1 saturated heterocycles. The molecule has 138 valence electrons. The molecule has 1 aromatic carbocycles. The molecule has 2 aromatic heterocycles. The molecule has 1 atom stereocenters. The van der Waals surface area contributed by atoms with Crippen molar-refractivity contribution >= 4 is 5.69 Å². The molecular weight excluding hydrogens is 332 g/mol. The number of pyridine rings is 2. The topological polar surface area (TPSA) is 41.0 Å². The lowest BCUT2D eigenvalue weighted by atomic mass is 9.97. The van der Waals surface area contributed by atoms with E-state index in [0.717, 1.165) is 36.4 Å². The first-order valence-corrected chi connectivity index (χ1v) is 9.72. The van der Waals surface area contributed by atoms with Crippen LogP contribution in [0, 0.1) is 5.92 Å². The number of benzene rings is 1. The molecular formula is C23H26N4. The Labute approximate surface area is 161 Å². The van der Waals surface area contributed by atoms with Crippen LogP contribution in [0.1, 0.15) is 18.4 Å². The third-order valence-corrected chi connectivity index (χ3v) is 5.20. The van der Waals surface area contributed by atoms with E-state index < -0.39 is 0 Å². The molecule has 0 spiro atoms. The Kier molecular flexibility index (Phi) is 5.75. The maximum atomic E-state index is 4.40. The maximum absolute atomic E-state index is 4.40. The van der Waals surface area contributed by atoms with Gasteiger partial charge in [0.15, 0.2) is 0 Å². The number of aromatic nitrogens is 2. The Morgan fingerprint density at radius 2 is 1.81 bits per heavy atom. The van der Waals surface area contributed by atoms with Crippen molar-refractivity contribution in [2.24, 2.45) is 5.92 Å². The molecule has 0 amide bonds. The second kappa shape index (κ2) is 8.78. The van der Waals surface area contributed by atoms with Gasteiger partial charge in [-0.2, -0.15) is 0 Å². The van der Waals surface area contributed by atoms with Crippen LogP contribution >= 0.6 is 0 Å². The maximum Gasteiger partial charge on any atom is 0.0533 e. The highest BCUT2D eigenvalue weighted by Crippen LogP contribution is 2.22. The molecule has 4 heteroatoms. The summed E-state index contributed by atoms with van der Waals surface area (Å²) in [7, 11) is 0. The van der Waals surface area contributed by atoms with Gasteiger partial charge in [-0.3, -0.25) is 14.9 Å². The molecule has 3 aromatic rings. The number of rotatable bonds is 6. The Morgan fingerprint density at radius 3 is 2.67 bits per heavy atom. The summed E-state index contributed by atoms with van der Waals surface area (Å²) in [6.07, 6.45) is 10.0. The van der Waals surface area contributed by atoms with Gasteiger partial charge in [-0.25, -0.2) is 0 Å². The minimum absolute atomic E-state index is 0.673. The summed E-state index contributed by atoms with van der Waals surface area (Å²) < 4.78 is 0. The monoisotopic (exact) mass is 358 g/mol. The number of piperidine rings is 1. The average molecular weight is 358 g/mol. The van der Waals surface area contributed by atoms with Crippen LogP contribution in [0.15, 0.2) is 73.3 Å². The number of hydrogen-bond donors (Lipinski definition) is 1. The fourth-order valence-electron chi connectivity index (χ4n) is 3.80. The highest BCUT2D eigenvalue weighted by atomic mass is 15.1. The third-order valence-electron chi connectivity index (χ3n) is 5.20. The fraction of sp³-hybridized carbons (Fsp3) is 0.304. The van der Waals surface area contributed by atoms with Gasteiger partial charge in [0.2, 0.25) is 0 Å². The van der Waals surface area contributed by atoms with E-state index in [2.05, 4.69) is 56.6 Å². The lowest BCUT2D eigenvalue weighted by Crippen LogP contribution is -2.37. The number of anilines is 1. The largest absolute Gasteiger partial charge is 0.383 e. The van der Waals surface area contributed by atoms with Crippen LogP contribution in [0.5, 0.6) is 0 Å². The van der Waals surface area contributed by atoms with Crippen LogP contribution in [0.4, 0.5) is 5.69 Å². The summed E-state index contributed by atoms with van der Waals surface area (Å²) >= 11 is 0. The molecule has 4 rings (SSSR count). The van der Waals surface area contributed by atoms with Crippen molar-refractivity contribution in [1.29, 1.82) is 0 Å². The number of likely N-dealkylation sites (tertiary alicyclic amines) is 1. The van der Waals surface area contributed by atoms with Crippen molar-refractivity contribution in [3.63, 3.8) is 0 Å². The molecule has 0 saturated carbocycles. The normalized spacial score (nSPS) is 17.6. The Hall–Kier alpha value is -2.72. The summed E-state index contributed by atoms with van der Waals surface area (Å²) in [5, 5.41) is 3.60. The second-order valence-electron chi connectivity index (χ2n) is 7.31. The van der Waals surface area contributed by atoms with Crippen molar-refractivity contribution in [2.45, 2.75) is 19.4 Å². The second-order valence-corrected chi connectivity index (χ2v) is 7.31. The van der Waals surface area contributed by atoms with Crippen LogP contribution in [0.25, 0.3) is 11.1 Å². The number of nitrogens with one attached hydrogen (secondary N) is 1. The highest BCUT2D eigenvalue weighted by Gasteiger charge is 2.19. The lowest BCUT2D eigenvalue weighted by molar-refractivity contribution is 0.173. The van der Waals surface area contributed by atoms with Gasteiger partial charge in [0.25, 0.3) is 0 Å². The van der Waals surface area contributed by atoms with Gasteiger partial charge < -0.3 is 5.32 Å². The predicted octanol–water partition coefficient (Wildman–Crippen LogP) is 4.47. The van der Waals surface area contributed by atoms with Gasteiger partial charge in [-0.1, -0.05) is 30.3 Å². The Balaban J connectivity index is 1.33. The van der Waals surface area contributed by atoms with Crippen LogP contribution < -0.4 is 5.32 Å². The molecule has 27 heavy (non-hydrogen) atoms. The zero-order valence-electron chi connectivity index (χ0n) is 15.6. The lowest BCUT2D eigenvalue weighted by Gasteiger charge is -2.33. The molecule has 1 fully saturated rings. The molecule has 4 nitrogen and oxygen atoms in total. The van der Waals surface area contributed by atoms with E-state index in [0.29, 0.717) is 5.92 Å². The molecule has 3 heterocycles. The van der Waals surface area contributed by atoms with E-state index in [1.165, 1.54) is 24.9 Å². The molecule has 1 unspecified atom stereocenters. The molecule has 0 bridgehead atoms. The van der Waals surface area contributed by atoms with Crippen LogP contribution in [0.2, 0.25) is 0 Å². The first kappa shape index (κ1) is 17.7. The SMILES string of the molecule is c1ccc(CN2CCCC(CNc3cncc(-c4ccncc4)c3)C2)cc1. The van der Waals surface area contributed by atoms with E-state index in [1.807, 2.05) is 36.9 Å². The molecule has 0 radical (unpaired) electrons. The van der Waals surface area contributed by atoms with E-state index in [1.54, 1.807) is 0 Å². The summed E-state index contributed by atoms with van der Waals surface area (Å²) in [5.74, 6) is 0.673. The van der Waals surface area contributed by atoms with Gasteiger partial charge >= 0.3 is 0 Å². The van der Waals surface area contributed by atoms with Crippen molar-refractivity contribution in [3.8, 4) is 11.1 Å². The van der Waals surface area contributed by atoms with E-state index in [9.17, 15) is 0 Å². The predicted molar refractivity (Wildman–Crippen MR) is 110 cm³/mol. The van der Waals surface area contributed by atoms with Crippen molar-refractivity contribution in [1.82, 2.24) is 14.9 Å². The van der Waals surface area contributed by atoms with Crippen molar-refractivity contribution in [3.05, 3.63) is 78.9 Å². The van der Waals surface area contributed by atoms with Crippen LogP contribution in [0.3, 0.4) is 0 Å². The fourth-order valence-corrected chi connectivity index (χ4v) is 3.80. The molecule has 0 aliphatic carbocycles. The Bertz CT molecular complexity index is 835. The van der Waals surface area contributed by atoms with Crippen LogP contribution in [-0.2, 0) is 6.54 Å². The minimum Gasteiger partial charge on any atom is -0.383 e. The van der Waals surface area contributed by atoms with Gasteiger partial charge in [-0.05, 0) is 54.6 Å². The molecule has 1 aliphatic heterocycles. The number of nitrogens with zero attached hydrogens (tertiary/aromatic N) is 3. The van der Waals surface area contributed by atoms with E-state index in [-0.39, 0.29) is 0 Å². The quantitative estimate of drug-likeness (QED) is 0.706. The van der Waals surface area contributed by atoms with Crippen LogP contribution in [-0.4, -0.2) is 34.5 Å². The molecule has 1 N–H and O–H groups in total. The zero-order chi connectivity index (χ0) is 18.3. The minimum atomic E-state index is 0.673. The highest BCUT2D eigenvalue weighted by molar-refractivity contribution is 5.66. The van der Waals surface area contributed by atoms with Gasteiger partial charge in [-0.15, -0.1) is 0 Å². The smallest absolute Gasteiger partial charge is 0.0533 e. The molecule has 1 aliphatic rings. The zero-order valence-corrected chi connectivity index (χ0v) is 15.6. The standard InChI is InChI=1S/C23H26N4/c1-2-5-19(6-3-1)17-27-12-4-7-20(18-27)14-26-23-13-22(15-25-16-23)21-8-10-24-11-9-21/h1-3,5-6,8-11,13,15-16,20,26H,4,7,12,14,17-18H2. The number of hydrogen-bond acceptors (Lipinski definition) is 4. The van der Waals surface area contributed by atoms with Crippen molar-refractivity contribution < 1.29 is 0 Å². The van der Waals surface area contributed by atoms with E-state index >= 15 is 0 Å². The third kappa shape index (κ3) is 4.92. The summed E-state index contributed by atoms with van der Waals surface area (Å²) in [6.45, 7) is 4.40. The van der Waals surface area contributed by atoms with Gasteiger partial charge in [0.05, 0.1) is 5.69 Å². The average Bonchev–Trinajstić information content (AvgIpc) is 2.74. The van der Waals surface area contributed by atoms with Crippen molar-refractivity contribution in [2.75, 3.05) is 25.0 Å². The summed E-state index contributed by atoms with van der Waals surface area (Å²) in [6, 6.07) is 17.0. The van der Waals surface area contributed by atoms with Gasteiger partial charge in [0.1, 0.15) is 0 Å². The van der Waals surface area contributed by atoms with E-state index in [4.69, 9.17) is 0 Å². The summed E-state index contributed by atoms with van der Waals surface area (Å²) in [4.78, 5) is 11.1. The van der Waals surface area contributed by atoms with Gasteiger partial charge in [0, 0.05) is 50.0 Å². The first-order chi connectivity index (χ1) is 13.4. The summed E-state index contributed by atoms with van der Waals surface area (Å²) in [5.41, 5.74) is 4.76.